The molecule has 0 unspecified atom stereocenters. The van der Waals surface area contributed by atoms with Gasteiger partial charge in [0.25, 0.3) is 0 Å². The third-order valence-electron chi connectivity index (χ3n) is 4.25. The van der Waals surface area contributed by atoms with Crippen molar-refractivity contribution < 1.29 is 4.74 Å². The van der Waals surface area contributed by atoms with Crippen molar-refractivity contribution in [2.45, 2.75) is 45.8 Å². The SMILES string of the molecule is CCNC(=NCc1cccc(OC)c1)NCc1nnc2n1CCCC2.I. The standard InChI is InChI=1S/C18H26N6O.HI/c1-3-19-18(20-12-14-7-6-8-15(11-14)25-2)21-13-17-23-22-16-9-4-5-10-24(16)17;/h6-8,11H,3-5,9-10,12-13H2,1-2H3,(H2,19,20,21);1H. The second kappa shape index (κ2) is 10.3. The van der Waals surface area contributed by atoms with Crippen LogP contribution in [0.15, 0.2) is 29.3 Å². The zero-order valence-corrected chi connectivity index (χ0v) is 17.7. The van der Waals surface area contributed by atoms with Crippen molar-refractivity contribution in [3.8, 4) is 5.75 Å². The summed E-state index contributed by atoms with van der Waals surface area (Å²) in [5.74, 6) is 3.70. The molecule has 0 aliphatic carbocycles. The molecule has 0 bridgehead atoms. The van der Waals surface area contributed by atoms with E-state index in [4.69, 9.17) is 4.74 Å². The van der Waals surface area contributed by atoms with E-state index in [2.05, 4.69) is 37.3 Å². The molecule has 0 saturated heterocycles. The van der Waals surface area contributed by atoms with Crippen LogP contribution in [0, 0.1) is 0 Å². The topological polar surface area (TPSA) is 76.4 Å². The maximum absolute atomic E-state index is 5.26. The Kier molecular flexibility index (Phi) is 8.14. The Hall–Kier alpha value is -1.84. The molecule has 2 heterocycles. The molecule has 1 aromatic heterocycles. The van der Waals surface area contributed by atoms with Crippen molar-refractivity contribution in [3.05, 3.63) is 41.5 Å². The molecule has 142 valence electrons. The van der Waals surface area contributed by atoms with Gasteiger partial charge in [0, 0.05) is 19.5 Å². The predicted octanol–water partition coefficient (Wildman–Crippen LogP) is 2.50. The first-order valence-electron chi connectivity index (χ1n) is 8.86. The molecule has 1 aliphatic heterocycles. The van der Waals surface area contributed by atoms with E-state index in [1.807, 2.05) is 24.3 Å². The maximum Gasteiger partial charge on any atom is 0.191 e. The molecule has 1 aromatic carbocycles. The van der Waals surface area contributed by atoms with E-state index in [1.54, 1.807) is 7.11 Å². The molecule has 2 aromatic rings. The second-order valence-corrected chi connectivity index (χ2v) is 6.04. The fourth-order valence-corrected chi connectivity index (χ4v) is 2.94. The number of aromatic nitrogens is 3. The third kappa shape index (κ3) is 5.33. The van der Waals surface area contributed by atoms with E-state index in [-0.39, 0.29) is 24.0 Å². The lowest BCUT2D eigenvalue weighted by Gasteiger charge is -2.16. The molecule has 3 rings (SSSR count). The first kappa shape index (κ1) is 20.5. The number of hydrogen-bond acceptors (Lipinski definition) is 4. The molecule has 0 fully saturated rings. The lowest BCUT2D eigenvalue weighted by atomic mass is 10.2. The van der Waals surface area contributed by atoms with E-state index in [0.717, 1.165) is 48.4 Å². The van der Waals surface area contributed by atoms with Crippen LogP contribution in [0.1, 0.15) is 37.0 Å². The van der Waals surface area contributed by atoms with Gasteiger partial charge in [-0.3, -0.25) is 0 Å². The molecular weight excluding hydrogens is 443 g/mol. The van der Waals surface area contributed by atoms with Gasteiger partial charge in [-0.1, -0.05) is 12.1 Å². The largest absolute Gasteiger partial charge is 0.497 e. The summed E-state index contributed by atoms with van der Waals surface area (Å²) in [6.45, 7) is 5.09. The molecule has 7 nitrogen and oxygen atoms in total. The number of aryl methyl sites for hydroxylation is 1. The van der Waals surface area contributed by atoms with E-state index in [0.29, 0.717) is 13.1 Å². The van der Waals surface area contributed by atoms with Crippen molar-refractivity contribution in [1.29, 1.82) is 0 Å². The van der Waals surface area contributed by atoms with Crippen molar-refractivity contribution >= 4 is 29.9 Å². The number of fused-ring (bicyclic) bond motifs is 1. The lowest BCUT2D eigenvalue weighted by Crippen LogP contribution is -2.37. The highest BCUT2D eigenvalue weighted by molar-refractivity contribution is 14.0. The molecule has 0 radical (unpaired) electrons. The highest BCUT2D eigenvalue weighted by Gasteiger charge is 2.15. The number of nitrogens with one attached hydrogen (secondary N) is 2. The van der Waals surface area contributed by atoms with Gasteiger partial charge in [-0.2, -0.15) is 0 Å². The molecule has 0 amide bonds. The Balaban J connectivity index is 0.00000243. The monoisotopic (exact) mass is 470 g/mol. The average molecular weight is 470 g/mol. The van der Waals surface area contributed by atoms with Crippen LogP contribution in [0.5, 0.6) is 5.75 Å². The van der Waals surface area contributed by atoms with Crippen LogP contribution in [0.3, 0.4) is 0 Å². The number of ether oxygens (including phenoxy) is 1. The van der Waals surface area contributed by atoms with E-state index < -0.39 is 0 Å². The summed E-state index contributed by atoms with van der Waals surface area (Å²) in [6, 6.07) is 7.96. The summed E-state index contributed by atoms with van der Waals surface area (Å²) in [7, 11) is 1.67. The number of halogens is 1. The molecule has 0 spiro atoms. The summed E-state index contributed by atoms with van der Waals surface area (Å²) >= 11 is 0. The zero-order chi connectivity index (χ0) is 17.5. The second-order valence-electron chi connectivity index (χ2n) is 6.04. The first-order chi connectivity index (χ1) is 12.3. The fourth-order valence-electron chi connectivity index (χ4n) is 2.94. The highest BCUT2D eigenvalue weighted by Crippen LogP contribution is 2.14. The van der Waals surface area contributed by atoms with Gasteiger partial charge >= 0.3 is 0 Å². The Morgan fingerprint density at radius 2 is 2.15 bits per heavy atom. The minimum atomic E-state index is 0. The number of rotatable bonds is 6. The van der Waals surface area contributed by atoms with E-state index >= 15 is 0 Å². The van der Waals surface area contributed by atoms with Gasteiger partial charge in [0.15, 0.2) is 11.8 Å². The summed E-state index contributed by atoms with van der Waals surface area (Å²) in [6.07, 6.45) is 3.43. The highest BCUT2D eigenvalue weighted by atomic mass is 127. The number of benzene rings is 1. The Bertz CT molecular complexity index is 730. The van der Waals surface area contributed by atoms with Gasteiger partial charge < -0.3 is 19.9 Å². The van der Waals surface area contributed by atoms with E-state index in [1.165, 1.54) is 12.8 Å². The summed E-state index contributed by atoms with van der Waals surface area (Å²) in [5.41, 5.74) is 1.11. The van der Waals surface area contributed by atoms with Crippen LogP contribution in [0.4, 0.5) is 0 Å². The van der Waals surface area contributed by atoms with Crippen LogP contribution >= 0.6 is 24.0 Å². The van der Waals surface area contributed by atoms with Crippen molar-refractivity contribution in [1.82, 2.24) is 25.4 Å². The van der Waals surface area contributed by atoms with Gasteiger partial charge in [0.1, 0.15) is 11.6 Å². The number of aliphatic imine (C=N–C) groups is 1. The van der Waals surface area contributed by atoms with Crippen LogP contribution in [0.2, 0.25) is 0 Å². The van der Waals surface area contributed by atoms with Gasteiger partial charge in [-0.15, -0.1) is 34.2 Å². The molecule has 2 N–H and O–H groups in total. The minimum absolute atomic E-state index is 0. The first-order valence-corrected chi connectivity index (χ1v) is 8.86. The van der Waals surface area contributed by atoms with Crippen molar-refractivity contribution in [2.24, 2.45) is 4.99 Å². The zero-order valence-electron chi connectivity index (χ0n) is 15.4. The predicted molar refractivity (Wildman–Crippen MR) is 113 cm³/mol. The summed E-state index contributed by atoms with van der Waals surface area (Å²) in [4.78, 5) is 4.65. The Morgan fingerprint density at radius 1 is 1.27 bits per heavy atom. The number of methoxy groups -OCH3 is 1. The third-order valence-corrected chi connectivity index (χ3v) is 4.25. The smallest absolute Gasteiger partial charge is 0.191 e. The average Bonchev–Trinajstić information content (AvgIpc) is 3.07. The normalized spacial score (nSPS) is 13.5. The van der Waals surface area contributed by atoms with Crippen LogP contribution in [-0.2, 0) is 26.1 Å². The molecule has 0 atom stereocenters. The van der Waals surface area contributed by atoms with Crippen LogP contribution in [0.25, 0.3) is 0 Å². The molecule has 0 saturated carbocycles. The van der Waals surface area contributed by atoms with Crippen molar-refractivity contribution in [2.75, 3.05) is 13.7 Å². The minimum Gasteiger partial charge on any atom is -0.497 e. The quantitative estimate of drug-likeness (QED) is 0.386. The molecular formula is C18H27IN6O. The number of guanidine groups is 1. The molecule has 1 aliphatic rings. The molecule has 26 heavy (non-hydrogen) atoms. The lowest BCUT2D eigenvalue weighted by molar-refractivity contribution is 0.414. The number of nitrogens with zero attached hydrogens (tertiary/aromatic N) is 4. The Morgan fingerprint density at radius 3 is 2.96 bits per heavy atom. The molecule has 8 heteroatoms. The Labute approximate surface area is 171 Å². The maximum atomic E-state index is 5.26. The summed E-state index contributed by atoms with van der Waals surface area (Å²) < 4.78 is 7.49. The van der Waals surface area contributed by atoms with Gasteiger partial charge in [-0.25, -0.2) is 4.99 Å². The van der Waals surface area contributed by atoms with Gasteiger partial charge in [0.05, 0.1) is 20.2 Å². The van der Waals surface area contributed by atoms with E-state index in [9.17, 15) is 0 Å². The van der Waals surface area contributed by atoms with Gasteiger partial charge in [-0.05, 0) is 37.5 Å². The number of hydrogen-bond donors (Lipinski definition) is 2. The van der Waals surface area contributed by atoms with Gasteiger partial charge in [0.2, 0.25) is 0 Å². The van der Waals surface area contributed by atoms with Crippen molar-refractivity contribution in [3.63, 3.8) is 0 Å². The van der Waals surface area contributed by atoms with Crippen LogP contribution < -0.4 is 15.4 Å². The van der Waals surface area contributed by atoms with Crippen LogP contribution in [-0.4, -0.2) is 34.4 Å². The fraction of sp³-hybridized carbons (Fsp3) is 0.500. The summed E-state index contributed by atoms with van der Waals surface area (Å²) in [5, 5.41) is 15.2.